The highest BCUT2D eigenvalue weighted by Gasteiger charge is 2.27. The maximum atomic E-state index is 12.3. The first-order valence-corrected chi connectivity index (χ1v) is 8.29. The van der Waals surface area contributed by atoms with E-state index in [2.05, 4.69) is 21.8 Å². The molecule has 0 radical (unpaired) electrons. The molecular weight excluding hydrogens is 264 g/mol. The highest BCUT2D eigenvalue weighted by atomic mass is 32.2. The smallest absolute Gasteiger partial charge is 0.258 e. The topological polar surface area (TPSA) is 101 Å². The molecule has 0 bridgehead atoms. The summed E-state index contributed by atoms with van der Waals surface area (Å²) in [4.78, 5) is 0. The van der Waals surface area contributed by atoms with Gasteiger partial charge in [-0.15, -0.1) is 0 Å². The fourth-order valence-electron chi connectivity index (χ4n) is 2.64. The van der Waals surface area contributed by atoms with Gasteiger partial charge in [0.1, 0.15) is 0 Å². The Kier molecular flexibility index (Phi) is 4.59. The molecule has 0 saturated heterocycles. The van der Waals surface area contributed by atoms with E-state index in [0.29, 0.717) is 5.56 Å². The van der Waals surface area contributed by atoms with Crippen LogP contribution in [0.25, 0.3) is 0 Å². The van der Waals surface area contributed by atoms with Crippen molar-refractivity contribution < 1.29 is 8.42 Å². The summed E-state index contributed by atoms with van der Waals surface area (Å²) < 4.78 is 27.3. The van der Waals surface area contributed by atoms with E-state index in [4.69, 9.17) is 5.73 Å². The molecule has 6 nitrogen and oxygen atoms in total. The largest absolute Gasteiger partial charge is 0.326 e. The van der Waals surface area contributed by atoms with E-state index in [0.717, 1.165) is 31.6 Å². The van der Waals surface area contributed by atoms with Gasteiger partial charge in [-0.1, -0.05) is 13.3 Å². The maximum Gasteiger partial charge on any atom is 0.258 e. The molecule has 0 atom stereocenters. The monoisotopic (exact) mass is 286 g/mol. The molecule has 7 heteroatoms. The van der Waals surface area contributed by atoms with E-state index in [1.807, 2.05) is 0 Å². The Morgan fingerprint density at radius 2 is 2.11 bits per heavy atom. The molecule has 1 aliphatic carbocycles. The van der Waals surface area contributed by atoms with E-state index in [-0.39, 0.29) is 17.6 Å². The molecule has 1 fully saturated rings. The molecule has 0 spiro atoms. The van der Waals surface area contributed by atoms with Crippen LogP contribution in [-0.4, -0.2) is 24.7 Å². The van der Waals surface area contributed by atoms with Crippen LogP contribution in [-0.2, 0) is 16.6 Å². The number of sulfonamides is 1. The van der Waals surface area contributed by atoms with Crippen LogP contribution in [0.1, 0.15) is 44.6 Å². The Morgan fingerprint density at radius 1 is 1.42 bits per heavy atom. The van der Waals surface area contributed by atoms with Gasteiger partial charge < -0.3 is 5.73 Å². The Balaban J connectivity index is 2.02. The summed E-state index contributed by atoms with van der Waals surface area (Å²) in [6.07, 6.45) is 6.64. The molecule has 0 amide bonds. The van der Waals surface area contributed by atoms with Crippen LogP contribution in [0.4, 0.5) is 0 Å². The minimum atomic E-state index is -3.53. The van der Waals surface area contributed by atoms with Gasteiger partial charge in [0.05, 0.1) is 6.20 Å². The molecule has 0 aromatic carbocycles. The minimum absolute atomic E-state index is 0.0294. The lowest BCUT2D eigenvalue weighted by atomic mass is 9.85. The van der Waals surface area contributed by atoms with Crippen molar-refractivity contribution in [3.63, 3.8) is 0 Å². The molecular formula is C12H22N4O2S. The van der Waals surface area contributed by atoms with Crippen molar-refractivity contribution in [2.75, 3.05) is 0 Å². The second-order valence-electron chi connectivity index (χ2n) is 5.18. The van der Waals surface area contributed by atoms with Gasteiger partial charge in [0.2, 0.25) is 0 Å². The molecule has 0 unspecified atom stereocenters. The summed E-state index contributed by atoms with van der Waals surface area (Å²) in [6, 6.07) is 0.0294. The number of aromatic amines is 1. The third kappa shape index (κ3) is 3.34. The minimum Gasteiger partial charge on any atom is -0.326 e. The Bertz CT molecular complexity index is 504. The highest BCUT2D eigenvalue weighted by molar-refractivity contribution is 7.89. The predicted octanol–water partition coefficient (Wildman–Crippen LogP) is 1.12. The summed E-state index contributed by atoms with van der Waals surface area (Å²) in [5.74, 6) is 0.743. The van der Waals surface area contributed by atoms with E-state index in [1.54, 1.807) is 0 Å². The summed E-state index contributed by atoms with van der Waals surface area (Å²) in [5, 5.41) is 6.38. The lowest BCUT2D eigenvalue weighted by molar-refractivity contribution is 0.306. The van der Waals surface area contributed by atoms with Crippen LogP contribution in [0, 0.1) is 5.92 Å². The molecule has 1 aliphatic rings. The Morgan fingerprint density at radius 3 is 2.68 bits per heavy atom. The third-order valence-electron chi connectivity index (χ3n) is 3.91. The first kappa shape index (κ1) is 14.5. The number of aromatic nitrogens is 2. The van der Waals surface area contributed by atoms with Gasteiger partial charge in [-0.25, -0.2) is 13.1 Å². The zero-order valence-electron chi connectivity index (χ0n) is 11.2. The molecule has 19 heavy (non-hydrogen) atoms. The standard InChI is InChI=1S/C12H22N4O2S/c1-2-9-3-5-11(6-4-9)16-19(17,18)12-10(7-13)8-14-15-12/h8-9,11,16H,2-7,13H2,1H3,(H,14,15). The van der Waals surface area contributed by atoms with E-state index in [9.17, 15) is 8.42 Å². The molecule has 4 N–H and O–H groups in total. The number of H-pyrrole nitrogens is 1. The quantitative estimate of drug-likeness (QED) is 0.755. The van der Waals surface area contributed by atoms with Crippen molar-refractivity contribution in [3.8, 4) is 0 Å². The van der Waals surface area contributed by atoms with Crippen molar-refractivity contribution in [2.45, 2.75) is 56.6 Å². The first-order chi connectivity index (χ1) is 9.06. The number of nitrogens with one attached hydrogen (secondary N) is 2. The van der Waals surface area contributed by atoms with Crippen LogP contribution in [0.2, 0.25) is 0 Å². The SMILES string of the molecule is CCC1CCC(NS(=O)(=O)c2[nH]ncc2CN)CC1. The maximum absolute atomic E-state index is 12.3. The fraction of sp³-hybridized carbons (Fsp3) is 0.750. The van der Waals surface area contributed by atoms with E-state index < -0.39 is 10.0 Å². The van der Waals surface area contributed by atoms with Crippen LogP contribution in [0.5, 0.6) is 0 Å². The zero-order chi connectivity index (χ0) is 13.9. The van der Waals surface area contributed by atoms with Crippen LogP contribution < -0.4 is 10.5 Å². The normalized spacial score (nSPS) is 24.5. The van der Waals surface area contributed by atoms with Gasteiger partial charge in [-0.05, 0) is 31.6 Å². The Labute approximate surface area is 114 Å². The lowest BCUT2D eigenvalue weighted by Gasteiger charge is -2.28. The molecule has 1 aromatic heterocycles. The fourth-order valence-corrected chi connectivity index (χ4v) is 4.09. The number of rotatable bonds is 5. The number of hydrogen-bond donors (Lipinski definition) is 3. The molecule has 108 valence electrons. The first-order valence-electron chi connectivity index (χ1n) is 6.81. The predicted molar refractivity (Wildman–Crippen MR) is 72.8 cm³/mol. The molecule has 1 heterocycles. The summed E-state index contributed by atoms with van der Waals surface area (Å²) in [6.45, 7) is 2.35. The van der Waals surface area contributed by atoms with Crippen LogP contribution in [0.15, 0.2) is 11.2 Å². The van der Waals surface area contributed by atoms with Gasteiger partial charge in [0.25, 0.3) is 10.0 Å². The molecule has 0 aliphatic heterocycles. The Hall–Kier alpha value is -0.920. The third-order valence-corrected chi connectivity index (χ3v) is 5.45. The number of nitrogens with zero attached hydrogens (tertiary/aromatic N) is 1. The summed E-state index contributed by atoms with van der Waals surface area (Å²) >= 11 is 0. The van der Waals surface area contributed by atoms with Crippen molar-refractivity contribution in [2.24, 2.45) is 11.7 Å². The van der Waals surface area contributed by atoms with Crippen molar-refractivity contribution in [3.05, 3.63) is 11.8 Å². The van der Waals surface area contributed by atoms with Crippen molar-refractivity contribution in [1.82, 2.24) is 14.9 Å². The van der Waals surface area contributed by atoms with Gasteiger partial charge in [0, 0.05) is 18.2 Å². The molecule has 1 aromatic rings. The van der Waals surface area contributed by atoms with Gasteiger partial charge in [-0.2, -0.15) is 5.10 Å². The number of hydrogen-bond acceptors (Lipinski definition) is 4. The lowest BCUT2D eigenvalue weighted by Crippen LogP contribution is -2.38. The summed E-state index contributed by atoms with van der Waals surface area (Å²) in [7, 11) is -3.53. The van der Waals surface area contributed by atoms with E-state index >= 15 is 0 Å². The highest BCUT2D eigenvalue weighted by Crippen LogP contribution is 2.27. The van der Waals surface area contributed by atoms with E-state index in [1.165, 1.54) is 12.6 Å². The van der Waals surface area contributed by atoms with Crippen molar-refractivity contribution in [1.29, 1.82) is 0 Å². The zero-order valence-corrected chi connectivity index (χ0v) is 12.0. The number of nitrogens with two attached hydrogens (primary N) is 1. The van der Waals surface area contributed by atoms with Crippen LogP contribution >= 0.6 is 0 Å². The van der Waals surface area contributed by atoms with Crippen LogP contribution in [0.3, 0.4) is 0 Å². The van der Waals surface area contributed by atoms with Gasteiger partial charge >= 0.3 is 0 Å². The summed E-state index contributed by atoms with van der Waals surface area (Å²) in [5.41, 5.74) is 6.03. The second kappa shape index (κ2) is 6.02. The average Bonchev–Trinajstić information content (AvgIpc) is 2.88. The molecule has 1 saturated carbocycles. The molecule has 2 rings (SSSR count). The van der Waals surface area contributed by atoms with Gasteiger partial charge in [0.15, 0.2) is 5.03 Å². The van der Waals surface area contributed by atoms with Gasteiger partial charge in [-0.3, -0.25) is 5.10 Å². The average molecular weight is 286 g/mol. The van der Waals surface area contributed by atoms with Crippen molar-refractivity contribution >= 4 is 10.0 Å². The second-order valence-corrected chi connectivity index (χ2v) is 6.83.